The molecule has 2 aromatic heterocycles. The summed E-state index contributed by atoms with van der Waals surface area (Å²) in [5.41, 5.74) is 2.23. The second-order valence-electron chi connectivity index (χ2n) is 6.00. The van der Waals surface area contributed by atoms with E-state index in [1.165, 1.54) is 6.92 Å². The number of hydrogen-bond donors (Lipinski definition) is 2. The number of nitrogens with zero attached hydrogens (tertiary/aromatic N) is 3. The lowest BCUT2D eigenvalue weighted by Gasteiger charge is -2.32. The number of aryl methyl sites for hydroxylation is 1. The minimum absolute atomic E-state index is 0.0641. The summed E-state index contributed by atoms with van der Waals surface area (Å²) >= 11 is 0. The molecular weight excluding hydrogens is 322 g/mol. The number of morpholine rings is 1. The fourth-order valence-electron chi connectivity index (χ4n) is 2.63. The minimum Gasteiger partial charge on any atom is -0.367 e. The molecule has 1 aliphatic heterocycles. The predicted molar refractivity (Wildman–Crippen MR) is 89.7 cm³/mol. The molecule has 25 heavy (non-hydrogen) atoms. The van der Waals surface area contributed by atoms with Crippen molar-refractivity contribution in [2.24, 2.45) is 0 Å². The Morgan fingerprint density at radius 2 is 2.20 bits per heavy atom. The van der Waals surface area contributed by atoms with Gasteiger partial charge in [-0.05, 0) is 19.1 Å². The van der Waals surface area contributed by atoms with Gasteiger partial charge in [0.1, 0.15) is 11.9 Å². The molecule has 1 fully saturated rings. The number of rotatable bonds is 4. The van der Waals surface area contributed by atoms with E-state index in [9.17, 15) is 9.59 Å². The minimum atomic E-state index is -0.317. The first-order valence-corrected chi connectivity index (χ1v) is 8.14. The molecule has 8 nitrogen and oxygen atoms in total. The van der Waals surface area contributed by atoms with Crippen molar-refractivity contribution in [1.82, 2.24) is 25.2 Å². The molecule has 0 radical (unpaired) electrons. The standard InChI is InChI=1S/C17H21N5O3/c1-11-3-4-13(7-18-11)17(24)22-5-6-25-15(10-22)16-20-9-14(21-16)8-19-12(2)23/h3-4,7,9,15H,5-6,8,10H2,1-2H3,(H,19,23)(H,20,21)/t15-/m1/s1. The number of hydrogen-bond acceptors (Lipinski definition) is 5. The molecule has 3 heterocycles. The molecule has 8 heteroatoms. The van der Waals surface area contributed by atoms with Crippen LogP contribution in [-0.2, 0) is 16.1 Å². The maximum absolute atomic E-state index is 12.6. The van der Waals surface area contributed by atoms with Gasteiger partial charge in [-0.1, -0.05) is 0 Å². The molecule has 0 saturated carbocycles. The average Bonchev–Trinajstić information content (AvgIpc) is 3.09. The van der Waals surface area contributed by atoms with E-state index in [0.29, 0.717) is 37.6 Å². The molecule has 0 aliphatic carbocycles. The number of carbonyl (C=O) groups is 2. The van der Waals surface area contributed by atoms with Crippen molar-refractivity contribution in [1.29, 1.82) is 0 Å². The summed E-state index contributed by atoms with van der Waals surface area (Å²) in [6, 6.07) is 3.61. The van der Waals surface area contributed by atoms with Crippen LogP contribution in [0.15, 0.2) is 24.5 Å². The van der Waals surface area contributed by atoms with E-state index in [0.717, 1.165) is 11.4 Å². The summed E-state index contributed by atoms with van der Waals surface area (Å²) in [5, 5.41) is 2.71. The van der Waals surface area contributed by atoms with Crippen LogP contribution in [-0.4, -0.2) is 51.4 Å². The smallest absolute Gasteiger partial charge is 0.255 e. The number of pyridine rings is 1. The first kappa shape index (κ1) is 17.1. The number of carbonyl (C=O) groups excluding carboxylic acids is 2. The van der Waals surface area contributed by atoms with Crippen molar-refractivity contribution in [3.05, 3.63) is 47.3 Å². The molecule has 2 aromatic rings. The topological polar surface area (TPSA) is 100 Å². The Morgan fingerprint density at radius 1 is 1.36 bits per heavy atom. The number of aromatic amines is 1. The summed E-state index contributed by atoms with van der Waals surface area (Å²) in [4.78, 5) is 37.0. The van der Waals surface area contributed by atoms with Gasteiger partial charge in [-0.2, -0.15) is 0 Å². The first-order valence-electron chi connectivity index (χ1n) is 8.14. The Balaban J connectivity index is 1.65. The SMILES string of the molecule is CC(=O)NCc1cnc([C@H]2CN(C(=O)c3ccc(C)nc3)CCO2)[nH]1. The molecule has 1 saturated heterocycles. The highest BCUT2D eigenvalue weighted by Gasteiger charge is 2.28. The molecule has 0 spiro atoms. The summed E-state index contributed by atoms with van der Waals surface area (Å²) < 4.78 is 5.75. The molecule has 3 rings (SSSR count). The average molecular weight is 343 g/mol. The lowest BCUT2D eigenvalue weighted by molar-refractivity contribution is -0.119. The van der Waals surface area contributed by atoms with E-state index in [4.69, 9.17) is 4.74 Å². The monoisotopic (exact) mass is 343 g/mol. The number of amides is 2. The zero-order valence-electron chi connectivity index (χ0n) is 14.3. The first-order chi connectivity index (χ1) is 12.0. The van der Waals surface area contributed by atoms with Gasteiger partial charge in [0.05, 0.1) is 37.2 Å². The van der Waals surface area contributed by atoms with Gasteiger partial charge in [-0.15, -0.1) is 0 Å². The van der Waals surface area contributed by atoms with Gasteiger partial charge in [0.25, 0.3) is 5.91 Å². The van der Waals surface area contributed by atoms with E-state index < -0.39 is 0 Å². The lowest BCUT2D eigenvalue weighted by Crippen LogP contribution is -2.42. The zero-order chi connectivity index (χ0) is 17.8. The quantitative estimate of drug-likeness (QED) is 0.861. The molecule has 1 aliphatic rings. The second kappa shape index (κ2) is 7.43. The number of imidazole rings is 1. The van der Waals surface area contributed by atoms with Crippen LogP contribution in [0.1, 0.15) is 40.6 Å². The number of aromatic nitrogens is 3. The molecule has 0 aromatic carbocycles. The van der Waals surface area contributed by atoms with Gasteiger partial charge >= 0.3 is 0 Å². The zero-order valence-corrected chi connectivity index (χ0v) is 14.3. The summed E-state index contributed by atoms with van der Waals surface area (Å²) in [6.45, 7) is 5.12. The largest absolute Gasteiger partial charge is 0.367 e. The highest BCUT2D eigenvalue weighted by atomic mass is 16.5. The van der Waals surface area contributed by atoms with Crippen LogP contribution in [0.3, 0.4) is 0 Å². The molecule has 2 N–H and O–H groups in total. The lowest BCUT2D eigenvalue weighted by atomic mass is 10.2. The Labute approximate surface area is 145 Å². The Hall–Kier alpha value is -2.74. The van der Waals surface area contributed by atoms with E-state index in [2.05, 4.69) is 20.3 Å². The maximum Gasteiger partial charge on any atom is 0.255 e. The number of ether oxygens (including phenoxy) is 1. The molecule has 2 amide bonds. The van der Waals surface area contributed by atoms with Crippen LogP contribution >= 0.6 is 0 Å². The Bertz CT molecular complexity index is 756. The van der Waals surface area contributed by atoms with Crippen LogP contribution < -0.4 is 5.32 Å². The van der Waals surface area contributed by atoms with Crippen molar-refractivity contribution in [3.8, 4) is 0 Å². The van der Waals surface area contributed by atoms with Gasteiger partial charge in [0.15, 0.2) is 0 Å². The van der Waals surface area contributed by atoms with Crippen molar-refractivity contribution in [3.63, 3.8) is 0 Å². The van der Waals surface area contributed by atoms with Crippen LogP contribution in [0.2, 0.25) is 0 Å². The molecular formula is C17H21N5O3. The van der Waals surface area contributed by atoms with E-state index in [-0.39, 0.29) is 17.9 Å². The predicted octanol–water partition coefficient (Wildman–Crippen LogP) is 0.963. The van der Waals surface area contributed by atoms with Gasteiger partial charge in [0.2, 0.25) is 5.91 Å². The fourth-order valence-corrected chi connectivity index (χ4v) is 2.63. The molecule has 0 bridgehead atoms. The Morgan fingerprint density at radius 3 is 2.92 bits per heavy atom. The third-order valence-corrected chi connectivity index (χ3v) is 3.99. The Kier molecular flexibility index (Phi) is 5.08. The van der Waals surface area contributed by atoms with Gasteiger partial charge < -0.3 is 19.9 Å². The number of H-pyrrole nitrogens is 1. The van der Waals surface area contributed by atoms with Crippen LogP contribution in [0.5, 0.6) is 0 Å². The van der Waals surface area contributed by atoms with E-state index in [1.54, 1.807) is 23.4 Å². The summed E-state index contributed by atoms with van der Waals surface area (Å²) in [6.07, 6.45) is 2.95. The third-order valence-electron chi connectivity index (χ3n) is 3.99. The van der Waals surface area contributed by atoms with Gasteiger partial charge in [-0.25, -0.2) is 4.98 Å². The molecule has 1 atom stereocenters. The molecule has 132 valence electrons. The molecule has 0 unspecified atom stereocenters. The highest BCUT2D eigenvalue weighted by Crippen LogP contribution is 2.21. The highest BCUT2D eigenvalue weighted by molar-refractivity contribution is 5.94. The van der Waals surface area contributed by atoms with Crippen molar-refractivity contribution in [2.45, 2.75) is 26.5 Å². The van der Waals surface area contributed by atoms with E-state index in [1.807, 2.05) is 13.0 Å². The maximum atomic E-state index is 12.6. The van der Waals surface area contributed by atoms with Crippen LogP contribution in [0, 0.1) is 6.92 Å². The van der Waals surface area contributed by atoms with E-state index >= 15 is 0 Å². The third kappa shape index (κ3) is 4.21. The van der Waals surface area contributed by atoms with Crippen molar-refractivity contribution in [2.75, 3.05) is 19.7 Å². The van der Waals surface area contributed by atoms with Crippen LogP contribution in [0.4, 0.5) is 0 Å². The van der Waals surface area contributed by atoms with Crippen LogP contribution in [0.25, 0.3) is 0 Å². The normalized spacial score (nSPS) is 17.4. The number of nitrogens with one attached hydrogen (secondary N) is 2. The fraction of sp³-hybridized carbons (Fsp3) is 0.412. The summed E-state index contributed by atoms with van der Waals surface area (Å²) in [7, 11) is 0. The summed E-state index contributed by atoms with van der Waals surface area (Å²) in [5.74, 6) is 0.485. The van der Waals surface area contributed by atoms with Gasteiger partial charge in [-0.3, -0.25) is 14.6 Å². The van der Waals surface area contributed by atoms with Crippen molar-refractivity contribution >= 4 is 11.8 Å². The van der Waals surface area contributed by atoms with Crippen molar-refractivity contribution < 1.29 is 14.3 Å². The van der Waals surface area contributed by atoms with Gasteiger partial charge in [0, 0.05) is 25.4 Å². The second-order valence-corrected chi connectivity index (χ2v) is 6.00.